The summed E-state index contributed by atoms with van der Waals surface area (Å²) in [5.74, 6) is 2.18. The van der Waals surface area contributed by atoms with Gasteiger partial charge in [0.15, 0.2) is 17.1 Å². The minimum Gasteiger partial charge on any atom is -0.490 e. The van der Waals surface area contributed by atoms with Gasteiger partial charge in [-0.25, -0.2) is 10.4 Å². The van der Waals surface area contributed by atoms with Crippen LogP contribution in [0.3, 0.4) is 0 Å². The maximum absolute atomic E-state index is 5.89. The number of furan rings is 1. The van der Waals surface area contributed by atoms with Gasteiger partial charge in [-0.15, -0.1) is 0 Å². The number of aromatic nitrogens is 2. The summed E-state index contributed by atoms with van der Waals surface area (Å²) in [7, 11) is 1.55. The largest absolute Gasteiger partial charge is 0.490 e. The number of methoxy groups -OCH3 is 1. The molecule has 0 aliphatic heterocycles. The van der Waals surface area contributed by atoms with Crippen molar-refractivity contribution in [1.29, 1.82) is 0 Å². The maximum atomic E-state index is 5.89. The van der Waals surface area contributed by atoms with Crippen LogP contribution in [0, 0.1) is 0 Å². The summed E-state index contributed by atoms with van der Waals surface area (Å²) in [6.45, 7) is 4.36. The van der Waals surface area contributed by atoms with Gasteiger partial charge < -0.3 is 13.9 Å². The Kier molecular flexibility index (Phi) is 4.60. The molecule has 7 heteroatoms. The van der Waals surface area contributed by atoms with Gasteiger partial charge in [-0.1, -0.05) is 12.1 Å². The topological polar surface area (TPSA) is 81.8 Å². The first kappa shape index (κ1) is 15.8. The average Bonchev–Trinajstić information content (AvgIpc) is 3.05. The van der Waals surface area contributed by atoms with Crippen LogP contribution in [-0.2, 0) is 0 Å². The number of ether oxygens (including phenoxy) is 2. The Bertz CT molecular complexity index is 873. The van der Waals surface area contributed by atoms with Crippen molar-refractivity contribution >= 4 is 22.6 Å². The second-order valence-electron chi connectivity index (χ2n) is 4.95. The van der Waals surface area contributed by atoms with Gasteiger partial charge in [-0.2, -0.15) is 10.1 Å². The lowest BCUT2D eigenvalue weighted by atomic mass is 10.2. The SMILES string of the molecule is CCOc1cccc2cc(C(C)=NNc3nccc(OC)n3)oc12. The van der Waals surface area contributed by atoms with Crippen LogP contribution in [0.1, 0.15) is 19.6 Å². The fraction of sp³-hybridized carbons (Fsp3) is 0.235. The standard InChI is InChI=1S/C17H18N4O3/c1-4-23-13-7-5-6-12-10-14(24-16(12)13)11(2)20-21-17-18-9-8-15(19-17)22-3/h5-10H,4H2,1-3H3,(H,18,19,21). The molecular weight excluding hydrogens is 308 g/mol. The van der Waals surface area contributed by atoms with Crippen LogP contribution in [0.15, 0.2) is 46.0 Å². The minimum atomic E-state index is 0.347. The number of nitrogens with zero attached hydrogens (tertiary/aromatic N) is 3. The van der Waals surface area contributed by atoms with E-state index in [1.165, 1.54) is 0 Å². The second kappa shape index (κ2) is 6.99. The van der Waals surface area contributed by atoms with E-state index in [2.05, 4.69) is 20.5 Å². The molecule has 124 valence electrons. The third-order valence-corrected chi connectivity index (χ3v) is 3.33. The normalized spacial score (nSPS) is 11.5. The minimum absolute atomic E-state index is 0.347. The second-order valence-corrected chi connectivity index (χ2v) is 4.95. The summed E-state index contributed by atoms with van der Waals surface area (Å²) in [6, 6.07) is 9.37. The molecule has 0 bridgehead atoms. The molecule has 3 aromatic rings. The fourth-order valence-corrected chi connectivity index (χ4v) is 2.18. The molecule has 0 saturated heterocycles. The average molecular weight is 326 g/mol. The van der Waals surface area contributed by atoms with Crippen LogP contribution in [0.5, 0.6) is 11.6 Å². The Hall–Kier alpha value is -3.09. The zero-order valence-electron chi connectivity index (χ0n) is 13.7. The number of hydrogen-bond donors (Lipinski definition) is 1. The summed E-state index contributed by atoms with van der Waals surface area (Å²) >= 11 is 0. The fourth-order valence-electron chi connectivity index (χ4n) is 2.18. The molecule has 0 amide bonds. The van der Waals surface area contributed by atoms with Gasteiger partial charge >= 0.3 is 0 Å². The Balaban J connectivity index is 1.84. The monoisotopic (exact) mass is 326 g/mol. The smallest absolute Gasteiger partial charge is 0.246 e. The number of benzene rings is 1. The first-order chi connectivity index (χ1) is 11.7. The molecule has 0 fully saturated rings. The molecule has 0 aliphatic rings. The molecule has 0 unspecified atom stereocenters. The lowest BCUT2D eigenvalue weighted by Gasteiger charge is -2.03. The summed E-state index contributed by atoms with van der Waals surface area (Å²) < 4.78 is 16.5. The molecule has 0 saturated carbocycles. The molecular formula is C17H18N4O3. The van der Waals surface area contributed by atoms with E-state index in [0.717, 1.165) is 11.1 Å². The molecule has 1 aromatic carbocycles. The van der Waals surface area contributed by atoms with Gasteiger partial charge in [0.05, 0.1) is 13.7 Å². The van der Waals surface area contributed by atoms with Crippen molar-refractivity contribution in [2.45, 2.75) is 13.8 Å². The van der Waals surface area contributed by atoms with Crippen LogP contribution in [0.2, 0.25) is 0 Å². The van der Waals surface area contributed by atoms with E-state index in [4.69, 9.17) is 13.9 Å². The van der Waals surface area contributed by atoms with Crippen molar-refractivity contribution in [2.75, 3.05) is 19.1 Å². The highest BCUT2D eigenvalue weighted by Gasteiger charge is 2.11. The molecule has 2 aromatic heterocycles. The van der Waals surface area contributed by atoms with E-state index in [1.54, 1.807) is 19.4 Å². The molecule has 1 N–H and O–H groups in total. The van der Waals surface area contributed by atoms with Crippen LogP contribution >= 0.6 is 0 Å². The van der Waals surface area contributed by atoms with Crippen LogP contribution in [0.25, 0.3) is 11.0 Å². The van der Waals surface area contributed by atoms with E-state index in [9.17, 15) is 0 Å². The third kappa shape index (κ3) is 3.29. The summed E-state index contributed by atoms with van der Waals surface area (Å²) in [6.07, 6.45) is 1.59. The van der Waals surface area contributed by atoms with E-state index in [0.29, 0.717) is 35.5 Å². The van der Waals surface area contributed by atoms with Crippen molar-refractivity contribution in [3.8, 4) is 11.6 Å². The van der Waals surface area contributed by atoms with Gasteiger partial charge in [0.2, 0.25) is 11.8 Å². The van der Waals surface area contributed by atoms with Crippen molar-refractivity contribution in [3.05, 3.63) is 42.3 Å². The van der Waals surface area contributed by atoms with Crippen molar-refractivity contribution in [3.63, 3.8) is 0 Å². The Morgan fingerprint density at radius 2 is 2.21 bits per heavy atom. The Labute approximate surface area is 139 Å². The highest BCUT2D eigenvalue weighted by molar-refractivity contribution is 6.00. The molecule has 2 heterocycles. The number of nitrogens with one attached hydrogen (secondary N) is 1. The molecule has 0 radical (unpaired) electrons. The van der Waals surface area contributed by atoms with E-state index in [1.807, 2.05) is 38.1 Å². The van der Waals surface area contributed by atoms with E-state index < -0.39 is 0 Å². The highest BCUT2D eigenvalue weighted by atomic mass is 16.5. The number of hydrazone groups is 1. The molecule has 24 heavy (non-hydrogen) atoms. The van der Waals surface area contributed by atoms with E-state index in [-0.39, 0.29) is 0 Å². The zero-order valence-corrected chi connectivity index (χ0v) is 13.7. The van der Waals surface area contributed by atoms with Crippen molar-refractivity contribution < 1.29 is 13.9 Å². The summed E-state index contributed by atoms with van der Waals surface area (Å²) in [5, 5.41) is 5.22. The van der Waals surface area contributed by atoms with Crippen molar-refractivity contribution in [1.82, 2.24) is 9.97 Å². The highest BCUT2D eigenvalue weighted by Crippen LogP contribution is 2.29. The molecule has 3 rings (SSSR count). The number of anilines is 1. The first-order valence-electron chi connectivity index (χ1n) is 7.54. The number of fused-ring (bicyclic) bond motifs is 1. The Morgan fingerprint density at radius 3 is 3.00 bits per heavy atom. The summed E-state index contributed by atoms with van der Waals surface area (Å²) in [5.41, 5.74) is 4.17. The van der Waals surface area contributed by atoms with Crippen LogP contribution < -0.4 is 14.9 Å². The van der Waals surface area contributed by atoms with Gasteiger partial charge in [0.25, 0.3) is 0 Å². The number of hydrogen-bond acceptors (Lipinski definition) is 7. The molecule has 0 aliphatic carbocycles. The lowest BCUT2D eigenvalue weighted by molar-refractivity contribution is 0.338. The zero-order chi connectivity index (χ0) is 16.9. The quantitative estimate of drug-likeness (QED) is 0.552. The number of para-hydroxylation sites is 1. The molecule has 0 spiro atoms. The van der Waals surface area contributed by atoms with Gasteiger partial charge in [-0.3, -0.25) is 0 Å². The maximum Gasteiger partial charge on any atom is 0.246 e. The summed E-state index contributed by atoms with van der Waals surface area (Å²) in [4.78, 5) is 8.21. The van der Waals surface area contributed by atoms with Gasteiger partial charge in [-0.05, 0) is 26.0 Å². The first-order valence-corrected chi connectivity index (χ1v) is 7.54. The Morgan fingerprint density at radius 1 is 1.33 bits per heavy atom. The van der Waals surface area contributed by atoms with Crippen LogP contribution in [-0.4, -0.2) is 29.4 Å². The molecule has 0 atom stereocenters. The lowest BCUT2D eigenvalue weighted by Crippen LogP contribution is -2.02. The molecule has 7 nitrogen and oxygen atoms in total. The van der Waals surface area contributed by atoms with Gasteiger partial charge in [0, 0.05) is 17.6 Å². The third-order valence-electron chi connectivity index (χ3n) is 3.33. The number of rotatable bonds is 6. The van der Waals surface area contributed by atoms with E-state index >= 15 is 0 Å². The predicted octanol–water partition coefficient (Wildman–Crippen LogP) is 3.47. The predicted molar refractivity (Wildman–Crippen MR) is 91.8 cm³/mol. The van der Waals surface area contributed by atoms with Gasteiger partial charge in [0.1, 0.15) is 5.71 Å². The van der Waals surface area contributed by atoms with Crippen LogP contribution in [0.4, 0.5) is 5.95 Å². The van der Waals surface area contributed by atoms with Crippen molar-refractivity contribution in [2.24, 2.45) is 5.10 Å².